The molecule has 0 bridgehead atoms. The van der Waals surface area contributed by atoms with Gasteiger partial charge in [0.15, 0.2) is 0 Å². The Labute approximate surface area is 56.7 Å². The van der Waals surface area contributed by atoms with Gasteiger partial charge >= 0.3 is 0 Å². The molecule has 0 aliphatic rings. The van der Waals surface area contributed by atoms with Gasteiger partial charge in [0.2, 0.25) is 0 Å². The quantitative estimate of drug-likeness (QED) is 0.622. The van der Waals surface area contributed by atoms with Gasteiger partial charge in [-0.05, 0) is 18.2 Å². The fourth-order valence-corrected chi connectivity index (χ4v) is 0.637. The molecule has 2 nitrogen and oxygen atoms in total. The van der Waals surface area contributed by atoms with Crippen molar-refractivity contribution < 1.29 is 8.96 Å². The molecule has 10 heavy (non-hydrogen) atoms. The van der Waals surface area contributed by atoms with E-state index in [2.05, 4.69) is 0 Å². The van der Waals surface area contributed by atoms with Gasteiger partial charge in [-0.25, -0.2) is 11.1 Å². The van der Waals surface area contributed by atoms with Gasteiger partial charge in [0.1, 0.15) is 0 Å². The third-order valence-corrected chi connectivity index (χ3v) is 1.08. The Balaban J connectivity index is 2.87. The lowest BCUT2D eigenvalue weighted by molar-refractivity contribution is 0.612. The average molecular weight is 144 g/mol. The monoisotopic (exact) mass is 144 g/mol. The number of hydrogen-bond acceptors (Lipinski definition) is 2. The summed E-state index contributed by atoms with van der Waals surface area (Å²) in [7, 11) is 0. The van der Waals surface area contributed by atoms with Gasteiger partial charge in [0.05, 0.1) is 11.4 Å². The second kappa shape index (κ2) is 3.00. The van der Waals surface area contributed by atoms with Crippen molar-refractivity contribution in [2.75, 3.05) is 11.1 Å². The van der Waals surface area contributed by atoms with Crippen LogP contribution in [-0.4, -0.2) is 0 Å². The maximum absolute atomic E-state index is 11.6. The van der Waals surface area contributed by atoms with Gasteiger partial charge in [0, 0.05) is 0 Å². The first kappa shape index (κ1) is 6.80. The maximum Gasteiger partial charge on any atom is 0.0677 e. The number of benzene rings is 1. The van der Waals surface area contributed by atoms with E-state index in [4.69, 9.17) is 0 Å². The molecule has 0 amide bonds. The van der Waals surface area contributed by atoms with Crippen molar-refractivity contribution in [3.8, 4) is 0 Å². The zero-order chi connectivity index (χ0) is 7.40. The fraction of sp³-hybridized carbons (Fsp3) is 0. The number of anilines is 2. The van der Waals surface area contributed by atoms with Crippen molar-refractivity contribution in [1.82, 2.24) is 0 Å². The summed E-state index contributed by atoms with van der Waals surface area (Å²) < 4.78 is 23.3. The Morgan fingerprint density at radius 3 is 1.90 bits per heavy atom. The largest absolute Gasteiger partial charge is 0.224 e. The van der Waals surface area contributed by atoms with E-state index in [0.29, 0.717) is 0 Å². The summed E-state index contributed by atoms with van der Waals surface area (Å²) in [6.07, 6.45) is 0. The molecule has 0 unspecified atom stereocenters. The van der Waals surface area contributed by atoms with Crippen LogP contribution in [0.25, 0.3) is 0 Å². The Morgan fingerprint density at radius 1 is 1.00 bits per heavy atom. The van der Waals surface area contributed by atoms with Crippen LogP contribution in [0.4, 0.5) is 20.3 Å². The van der Waals surface area contributed by atoms with E-state index in [1.807, 2.05) is 0 Å². The van der Waals surface area contributed by atoms with Gasteiger partial charge in [0.25, 0.3) is 0 Å². The topological polar surface area (TPSA) is 24.1 Å². The summed E-state index contributed by atoms with van der Waals surface area (Å²) in [5, 5.41) is 0. The molecule has 0 spiro atoms. The molecule has 0 radical (unpaired) electrons. The van der Waals surface area contributed by atoms with Crippen LogP contribution in [0.1, 0.15) is 0 Å². The van der Waals surface area contributed by atoms with Gasteiger partial charge < -0.3 is 0 Å². The Bertz CT molecular complexity index is 195. The Kier molecular flexibility index (Phi) is 2.04. The van der Waals surface area contributed by atoms with Crippen LogP contribution in [-0.2, 0) is 0 Å². The van der Waals surface area contributed by atoms with E-state index in [0.717, 1.165) is 0 Å². The normalized spacial score (nSPS) is 9.00. The minimum absolute atomic E-state index is 0.225. The van der Waals surface area contributed by atoms with Crippen LogP contribution in [0.3, 0.4) is 0 Å². The molecule has 0 aliphatic carbocycles. The van der Waals surface area contributed by atoms with Crippen molar-refractivity contribution >= 4 is 11.4 Å². The fourth-order valence-electron chi connectivity index (χ4n) is 0.637. The number of nitrogens with one attached hydrogen (secondary N) is 2. The van der Waals surface area contributed by atoms with Crippen molar-refractivity contribution in [1.29, 1.82) is 0 Å². The summed E-state index contributed by atoms with van der Waals surface area (Å²) in [6, 6.07) is 5.81. The minimum Gasteiger partial charge on any atom is -0.224 e. The van der Waals surface area contributed by atoms with Crippen LogP contribution in [0, 0.1) is 0 Å². The molecule has 0 atom stereocenters. The smallest absolute Gasteiger partial charge is 0.0677 e. The average Bonchev–Trinajstić information content (AvgIpc) is 2.05. The van der Waals surface area contributed by atoms with Crippen molar-refractivity contribution in [2.24, 2.45) is 0 Å². The molecule has 0 aromatic heterocycles. The van der Waals surface area contributed by atoms with Crippen molar-refractivity contribution in [3.63, 3.8) is 0 Å². The van der Waals surface area contributed by atoms with E-state index in [-0.39, 0.29) is 11.4 Å². The molecule has 1 aromatic carbocycles. The van der Waals surface area contributed by atoms with Gasteiger partial charge in [-0.1, -0.05) is 6.07 Å². The predicted molar refractivity (Wildman–Crippen MR) is 35.9 cm³/mol. The van der Waals surface area contributed by atoms with E-state index < -0.39 is 0 Å². The molecule has 0 heterocycles. The highest BCUT2D eigenvalue weighted by Crippen LogP contribution is 2.14. The molecule has 4 heteroatoms. The van der Waals surface area contributed by atoms with E-state index in [9.17, 15) is 8.96 Å². The summed E-state index contributed by atoms with van der Waals surface area (Å²) in [5.41, 5.74) is 3.24. The third kappa shape index (κ3) is 1.34. The molecule has 1 aromatic rings. The molecular weight excluding hydrogens is 138 g/mol. The Hall–Kier alpha value is -1.32. The first-order valence-electron chi connectivity index (χ1n) is 2.70. The van der Waals surface area contributed by atoms with E-state index in [1.165, 1.54) is 35.3 Å². The lowest BCUT2D eigenvalue weighted by Gasteiger charge is -1.97. The van der Waals surface area contributed by atoms with Crippen molar-refractivity contribution in [2.45, 2.75) is 0 Å². The molecule has 0 aliphatic heterocycles. The SMILES string of the molecule is FNc1cccc(NF)c1. The second-order valence-electron chi connectivity index (χ2n) is 1.77. The summed E-state index contributed by atoms with van der Waals surface area (Å²) in [5.74, 6) is 0. The zero-order valence-electron chi connectivity index (χ0n) is 5.07. The van der Waals surface area contributed by atoms with Gasteiger partial charge in [-0.3, -0.25) is 0 Å². The standard InChI is InChI=1S/C6H6F2N2/c7-9-5-2-1-3-6(4-5)10-8/h1-4,9-10H. The Morgan fingerprint density at radius 2 is 1.50 bits per heavy atom. The molecular formula is C6H6F2N2. The van der Waals surface area contributed by atoms with Crippen LogP contribution in [0.5, 0.6) is 0 Å². The number of rotatable bonds is 2. The molecule has 0 saturated heterocycles. The van der Waals surface area contributed by atoms with E-state index >= 15 is 0 Å². The highest BCUT2D eigenvalue weighted by Gasteiger charge is 1.91. The van der Waals surface area contributed by atoms with Gasteiger partial charge in [-0.15, -0.1) is 8.96 Å². The van der Waals surface area contributed by atoms with Gasteiger partial charge in [-0.2, -0.15) is 0 Å². The van der Waals surface area contributed by atoms with Crippen LogP contribution < -0.4 is 11.1 Å². The summed E-state index contributed by atoms with van der Waals surface area (Å²) >= 11 is 0. The molecule has 0 saturated carbocycles. The zero-order valence-corrected chi connectivity index (χ0v) is 5.07. The second-order valence-corrected chi connectivity index (χ2v) is 1.77. The van der Waals surface area contributed by atoms with Crippen LogP contribution in [0.2, 0.25) is 0 Å². The number of hydrogen-bond donors (Lipinski definition) is 2. The maximum atomic E-state index is 11.6. The molecule has 2 N–H and O–H groups in total. The molecule has 0 fully saturated rings. The first-order valence-corrected chi connectivity index (χ1v) is 2.70. The van der Waals surface area contributed by atoms with E-state index in [1.54, 1.807) is 0 Å². The molecule has 1 rings (SSSR count). The minimum atomic E-state index is 0.225. The van der Waals surface area contributed by atoms with Crippen LogP contribution >= 0.6 is 0 Å². The first-order chi connectivity index (χ1) is 4.86. The number of halogens is 2. The highest BCUT2D eigenvalue weighted by molar-refractivity contribution is 5.54. The highest BCUT2D eigenvalue weighted by atomic mass is 19.2. The van der Waals surface area contributed by atoms with Crippen molar-refractivity contribution in [3.05, 3.63) is 24.3 Å². The lowest BCUT2D eigenvalue weighted by Crippen LogP contribution is -1.84. The third-order valence-electron chi connectivity index (χ3n) is 1.08. The summed E-state index contributed by atoms with van der Waals surface area (Å²) in [6.45, 7) is 0. The predicted octanol–water partition coefficient (Wildman–Crippen LogP) is 2.28. The van der Waals surface area contributed by atoms with Crippen LogP contribution in [0.15, 0.2) is 24.3 Å². The lowest BCUT2D eigenvalue weighted by atomic mass is 10.3. The summed E-state index contributed by atoms with van der Waals surface area (Å²) in [4.78, 5) is 0. The molecule has 54 valence electrons.